The minimum Gasteiger partial charge on any atom is -0.478 e. The van der Waals surface area contributed by atoms with Gasteiger partial charge in [0.2, 0.25) is 0 Å². The van der Waals surface area contributed by atoms with E-state index >= 15 is 0 Å². The Kier molecular flexibility index (Phi) is 5.64. The second-order valence-electron chi connectivity index (χ2n) is 6.67. The van der Waals surface area contributed by atoms with Gasteiger partial charge < -0.3 is 14.8 Å². The molecule has 4 aromatic rings. The van der Waals surface area contributed by atoms with Gasteiger partial charge in [-0.3, -0.25) is 0 Å². The number of aliphatic hydroxyl groups excluding tert-OH is 1. The summed E-state index contributed by atoms with van der Waals surface area (Å²) in [4.78, 5) is 15.9. The van der Waals surface area contributed by atoms with E-state index in [1.54, 1.807) is 18.3 Å². The van der Waals surface area contributed by atoms with Gasteiger partial charge in [-0.1, -0.05) is 72.4 Å². The highest BCUT2D eigenvalue weighted by Gasteiger charge is 2.14. The van der Waals surface area contributed by atoms with Crippen molar-refractivity contribution >= 4 is 28.5 Å². The number of nitrogens with zero attached hydrogens (tertiary/aromatic N) is 2. The molecule has 0 radical (unpaired) electrons. The summed E-state index contributed by atoms with van der Waals surface area (Å²) in [5.41, 5.74) is 2.92. The van der Waals surface area contributed by atoms with E-state index in [-0.39, 0.29) is 6.61 Å². The number of fused-ring (bicyclic) bond motifs is 1. The number of imidazole rings is 1. The lowest BCUT2D eigenvalue weighted by Crippen LogP contribution is -2.07. The van der Waals surface area contributed by atoms with Crippen LogP contribution in [0.4, 0.5) is 0 Å². The van der Waals surface area contributed by atoms with Crippen molar-refractivity contribution in [1.29, 1.82) is 0 Å². The average Bonchev–Trinajstić information content (AvgIpc) is 3.14. The summed E-state index contributed by atoms with van der Waals surface area (Å²) in [6.07, 6.45) is 1.68. The van der Waals surface area contributed by atoms with Crippen molar-refractivity contribution in [3.63, 3.8) is 0 Å². The Hall–Kier alpha value is -3.09. The standard InChI is InChI=1S/C23H20N2O3S/c26-14-19-12-24-23(29-15-18-7-2-4-11-21(18)22(27)28)25(19)13-17-9-5-8-16-6-1-3-10-20(16)17/h1-12,26H,13-15H2,(H,27,28). The first-order valence-electron chi connectivity index (χ1n) is 9.23. The number of hydrogen-bond donors (Lipinski definition) is 2. The molecule has 0 saturated carbocycles. The third-order valence-corrected chi connectivity index (χ3v) is 5.92. The van der Waals surface area contributed by atoms with Crippen LogP contribution in [0.1, 0.15) is 27.2 Å². The topological polar surface area (TPSA) is 75.3 Å². The van der Waals surface area contributed by atoms with Crippen molar-refractivity contribution in [3.05, 3.63) is 95.3 Å². The molecule has 0 aliphatic heterocycles. The Bertz CT molecular complexity index is 1160. The molecular formula is C23H20N2O3S. The maximum atomic E-state index is 11.5. The first kappa shape index (κ1) is 19.2. The molecule has 1 heterocycles. The minimum absolute atomic E-state index is 0.107. The smallest absolute Gasteiger partial charge is 0.335 e. The van der Waals surface area contributed by atoms with Crippen molar-refractivity contribution in [2.75, 3.05) is 0 Å². The molecule has 2 N–H and O–H groups in total. The molecule has 1 aromatic heterocycles. The second kappa shape index (κ2) is 8.51. The van der Waals surface area contributed by atoms with Crippen molar-refractivity contribution in [3.8, 4) is 0 Å². The van der Waals surface area contributed by atoms with Crippen LogP contribution in [0.2, 0.25) is 0 Å². The Labute approximate surface area is 172 Å². The fourth-order valence-electron chi connectivity index (χ4n) is 3.40. The fourth-order valence-corrected chi connectivity index (χ4v) is 4.40. The van der Waals surface area contributed by atoms with Crippen molar-refractivity contribution in [2.24, 2.45) is 0 Å². The molecule has 146 valence electrons. The number of aromatic nitrogens is 2. The Morgan fingerprint density at radius 3 is 2.52 bits per heavy atom. The lowest BCUT2D eigenvalue weighted by molar-refractivity contribution is 0.0696. The lowest BCUT2D eigenvalue weighted by Gasteiger charge is -2.13. The third-order valence-electron chi connectivity index (χ3n) is 4.88. The molecule has 4 rings (SSSR count). The van der Waals surface area contributed by atoms with Crippen LogP contribution in [0.15, 0.2) is 78.1 Å². The molecule has 5 nitrogen and oxygen atoms in total. The number of carboxylic acids is 1. The molecule has 0 fully saturated rings. The molecule has 29 heavy (non-hydrogen) atoms. The van der Waals surface area contributed by atoms with E-state index < -0.39 is 5.97 Å². The monoisotopic (exact) mass is 404 g/mol. The normalized spacial score (nSPS) is 11.1. The first-order valence-corrected chi connectivity index (χ1v) is 10.2. The van der Waals surface area contributed by atoms with Gasteiger partial charge in [0.05, 0.1) is 30.6 Å². The quantitative estimate of drug-likeness (QED) is 0.442. The molecule has 0 atom stereocenters. The number of aliphatic hydroxyl groups is 1. The van der Waals surface area contributed by atoms with E-state index in [4.69, 9.17) is 0 Å². The maximum Gasteiger partial charge on any atom is 0.335 e. The van der Waals surface area contributed by atoms with Crippen molar-refractivity contribution in [2.45, 2.75) is 24.1 Å². The number of thioether (sulfide) groups is 1. The number of rotatable bonds is 7. The molecule has 3 aromatic carbocycles. The highest BCUT2D eigenvalue weighted by molar-refractivity contribution is 7.98. The summed E-state index contributed by atoms with van der Waals surface area (Å²) >= 11 is 1.47. The van der Waals surface area contributed by atoms with Crippen LogP contribution in [0.5, 0.6) is 0 Å². The molecule has 0 saturated heterocycles. The van der Waals surface area contributed by atoms with E-state index in [2.05, 4.69) is 29.2 Å². The summed E-state index contributed by atoms with van der Waals surface area (Å²) in [6.45, 7) is 0.476. The number of aromatic carboxylic acids is 1. The number of carbonyl (C=O) groups is 1. The van der Waals surface area contributed by atoms with Gasteiger partial charge in [-0.25, -0.2) is 9.78 Å². The van der Waals surface area contributed by atoms with Crippen LogP contribution in [-0.4, -0.2) is 25.7 Å². The largest absolute Gasteiger partial charge is 0.478 e. The van der Waals surface area contributed by atoms with Gasteiger partial charge in [-0.05, 0) is 28.0 Å². The fraction of sp³-hybridized carbons (Fsp3) is 0.130. The van der Waals surface area contributed by atoms with Crippen molar-refractivity contribution < 1.29 is 15.0 Å². The van der Waals surface area contributed by atoms with Crippen LogP contribution < -0.4 is 0 Å². The molecule has 0 aliphatic carbocycles. The second-order valence-corrected chi connectivity index (χ2v) is 7.61. The molecule has 6 heteroatoms. The summed E-state index contributed by atoms with van der Waals surface area (Å²) in [5, 5.41) is 22.3. The summed E-state index contributed by atoms with van der Waals surface area (Å²) in [6, 6.07) is 21.4. The van der Waals surface area contributed by atoms with Gasteiger partial charge in [0, 0.05) is 5.75 Å². The van der Waals surface area contributed by atoms with E-state index in [1.165, 1.54) is 22.5 Å². The van der Waals surface area contributed by atoms with Crippen LogP contribution in [0.3, 0.4) is 0 Å². The van der Waals surface area contributed by atoms with Crippen LogP contribution in [-0.2, 0) is 18.9 Å². The lowest BCUT2D eigenvalue weighted by atomic mass is 10.0. The molecule has 0 bridgehead atoms. The average molecular weight is 404 g/mol. The Morgan fingerprint density at radius 1 is 0.966 bits per heavy atom. The van der Waals surface area contributed by atoms with Gasteiger partial charge in [0.25, 0.3) is 0 Å². The van der Waals surface area contributed by atoms with E-state index in [9.17, 15) is 15.0 Å². The van der Waals surface area contributed by atoms with E-state index in [1.807, 2.05) is 34.9 Å². The van der Waals surface area contributed by atoms with Crippen LogP contribution in [0.25, 0.3) is 10.8 Å². The number of benzene rings is 3. The highest BCUT2D eigenvalue weighted by atomic mass is 32.2. The van der Waals surface area contributed by atoms with Gasteiger partial charge in [-0.2, -0.15) is 0 Å². The Morgan fingerprint density at radius 2 is 1.69 bits per heavy atom. The zero-order valence-electron chi connectivity index (χ0n) is 15.7. The van der Waals surface area contributed by atoms with Crippen LogP contribution >= 0.6 is 11.8 Å². The summed E-state index contributed by atoms with van der Waals surface area (Å²) < 4.78 is 2.00. The predicted molar refractivity (Wildman–Crippen MR) is 114 cm³/mol. The van der Waals surface area contributed by atoms with Crippen LogP contribution in [0, 0.1) is 0 Å². The van der Waals surface area contributed by atoms with Gasteiger partial charge >= 0.3 is 5.97 Å². The number of hydrogen-bond acceptors (Lipinski definition) is 4. The molecule has 0 amide bonds. The zero-order valence-corrected chi connectivity index (χ0v) is 16.5. The van der Waals surface area contributed by atoms with E-state index in [0.717, 1.165) is 22.0 Å². The number of carboxylic acid groups (broad SMARTS) is 1. The van der Waals surface area contributed by atoms with E-state index in [0.29, 0.717) is 17.9 Å². The molecule has 0 aliphatic rings. The van der Waals surface area contributed by atoms with Gasteiger partial charge in [0.15, 0.2) is 5.16 Å². The summed E-state index contributed by atoms with van der Waals surface area (Å²) in [5.74, 6) is -0.448. The SMILES string of the molecule is O=C(O)c1ccccc1CSc1ncc(CO)n1Cc1cccc2ccccc12. The predicted octanol–water partition coefficient (Wildman–Crippen LogP) is 4.57. The molecular weight excluding hydrogens is 384 g/mol. The summed E-state index contributed by atoms with van der Waals surface area (Å²) in [7, 11) is 0. The van der Waals surface area contributed by atoms with Gasteiger partial charge in [0.1, 0.15) is 0 Å². The first-order chi connectivity index (χ1) is 14.2. The zero-order chi connectivity index (χ0) is 20.2. The van der Waals surface area contributed by atoms with Crippen molar-refractivity contribution in [1.82, 2.24) is 9.55 Å². The maximum absolute atomic E-state index is 11.5. The molecule has 0 unspecified atom stereocenters. The van der Waals surface area contributed by atoms with Gasteiger partial charge in [-0.15, -0.1) is 0 Å². The third kappa shape index (κ3) is 4.04. The molecule has 0 spiro atoms. The Balaban J connectivity index is 1.64. The minimum atomic E-state index is -0.934. The highest BCUT2D eigenvalue weighted by Crippen LogP contribution is 2.27.